The number of halogens is 2. The Morgan fingerprint density at radius 1 is 1.00 bits per heavy atom. The second-order valence-electron chi connectivity index (χ2n) is 16.3. The molecule has 6 aliphatic rings. The van der Waals surface area contributed by atoms with Gasteiger partial charge in [0.1, 0.15) is 5.71 Å². The van der Waals surface area contributed by atoms with Crippen molar-refractivity contribution in [2.45, 2.75) is 125 Å². The third-order valence-corrected chi connectivity index (χ3v) is 14.3. The van der Waals surface area contributed by atoms with Gasteiger partial charge >= 0.3 is 6.97 Å². The average Bonchev–Trinajstić information content (AvgIpc) is 3.54. The van der Waals surface area contributed by atoms with Crippen molar-refractivity contribution >= 4 is 18.3 Å². The van der Waals surface area contributed by atoms with Crippen LogP contribution in [-0.4, -0.2) is 32.9 Å². The number of fused-ring (bicyclic) bond motifs is 7. The van der Waals surface area contributed by atoms with Crippen molar-refractivity contribution in [1.82, 2.24) is 4.48 Å². The van der Waals surface area contributed by atoms with E-state index in [4.69, 9.17) is 0 Å². The van der Waals surface area contributed by atoms with Crippen molar-refractivity contribution in [3.8, 4) is 0 Å². The van der Waals surface area contributed by atoms with Crippen LogP contribution in [0.2, 0.25) is 0 Å². The minimum atomic E-state index is -3.89. The molecule has 2 aliphatic heterocycles. The number of aliphatic hydroxyl groups is 1. The van der Waals surface area contributed by atoms with Crippen LogP contribution in [0.15, 0.2) is 23.4 Å². The van der Waals surface area contributed by atoms with Crippen molar-refractivity contribution in [3.63, 3.8) is 0 Å². The molecule has 9 atom stereocenters. The molecule has 1 aromatic rings. The number of aromatic nitrogens is 1. The molecule has 0 bridgehead atoms. The highest BCUT2D eigenvalue weighted by Crippen LogP contribution is 2.68. The molecule has 4 fully saturated rings. The van der Waals surface area contributed by atoms with Crippen LogP contribution in [0.4, 0.5) is 8.63 Å². The molecule has 0 unspecified atom stereocenters. The van der Waals surface area contributed by atoms with E-state index in [-0.39, 0.29) is 6.10 Å². The van der Waals surface area contributed by atoms with E-state index in [0.29, 0.717) is 40.0 Å². The van der Waals surface area contributed by atoms with Crippen molar-refractivity contribution in [3.05, 3.63) is 40.4 Å². The molecule has 6 heteroatoms. The third kappa shape index (κ3) is 3.88. The maximum Gasteiger partial charge on any atom is 0.737 e. The summed E-state index contributed by atoms with van der Waals surface area (Å²) < 4.78 is 34.8. The second kappa shape index (κ2) is 9.66. The van der Waals surface area contributed by atoms with Crippen LogP contribution in [0.5, 0.6) is 0 Å². The lowest BCUT2D eigenvalue weighted by atomic mass is 9.44. The van der Waals surface area contributed by atoms with Gasteiger partial charge < -0.3 is 22.7 Å². The fourth-order valence-corrected chi connectivity index (χ4v) is 12.5. The zero-order valence-electron chi connectivity index (χ0n) is 27.1. The van der Waals surface area contributed by atoms with Crippen LogP contribution >= 0.6 is 0 Å². The number of aliphatic hydroxyl groups excluding tert-OH is 1. The van der Waals surface area contributed by atoms with E-state index >= 15 is 8.63 Å². The molecule has 1 N–H and O–H groups in total. The Kier molecular flexibility index (Phi) is 6.68. The van der Waals surface area contributed by atoms with E-state index in [0.717, 1.165) is 71.5 Å². The highest BCUT2D eigenvalue weighted by Gasteiger charge is 2.61. The summed E-state index contributed by atoms with van der Waals surface area (Å²) in [6, 6.07) is 1.95. The quantitative estimate of drug-likeness (QED) is 0.355. The number of hydrogen-bond acceptors (Lipinski definition) is 1. The van der Waals surface area contributed by atoms with Crippen LogP contribution in [0.1, 0.15) is 122 Å². The summed E-state index contributed by atoms with van der Waals surface area (Å²) in [7, 11) is 0. The fourth-order valence-electron chi connectivity index (χ4n) is 12.5. The number of rotatable bonds is 4. The van der Waals surface area contributed by atoms with Crippen molar-refractivity contribution in [1.29, 1.82) is 0 Å². The summed E-state index contributed by atoms with van der Waals surface area (Å²) in [6.45, 7) is 11.5. The van der Waals surface area contributed by atoms with Gasteiger partial charge in [-0.1, -0.05) is 20.8 Å². The first-order valence-corrected chi connectivity index (χ1v) is 17.2. The smallest absolute Gasteiger partial charge is 0.394 e. The van der Waals surface area contributed by atoms with Gasteiger partial charge in [0.05, 0.1) is 6.10 Å². The van der Waals surface area contributed by atoms with Crippen LogP contribution < -0.4 is 0 Å². The van der Waals surface area contributed by atoms with E-state index < -0.39 is 6.97 Å². The summed E-state index contributed by atoms with van der Waals surface area (Å²) in [6.07, 6.45) is 15.1. The highest BCUT2D eigenvalue weighted by atomic mass is 19.2. The average molecular weight is 579 g/mol. The zero-order chi connectivity index (χ0) is 29.9. The van der Waals surface area contributed by atoms with Crippen molar-refractivity contribution in [2.24, 2.45) is 46.3 Å². The van der Waals surface area contributed by atoms with E-state index in [9.17, 15) is 5.11 Å². The third-order valence-electron chi connectivity index (χ3n) is 14.3. The molecular weight excluding hydrogens is 525 g/mol. The number of allylic oxidation sites excluding steroid dienone is 3. The number of nitrogens with zero attached hydrogens (tertiary/aromatic N) is 2. The Morgan fingerprint density at radius 3 is 2.48 bits per heavy atom. The van der Waals surface area contributed by atoms with Gasteiger partial charge in [-0.05, 0) is 155 Å². The number of hydrogen-bond donors (Lipinski definition) is 1. The summed E-state index contributed by atoms with van der Waals surface area (Å²) in [5.41, 5.74) is 6.77. The Balaban J connectivity index is 1.14. The monoisotopic (exact) mass is 578 g/mol. The van der Waals surface area contributed by atoms with Crippen LogP contribution in [0.25, 0.3) is 5.57 Å². The first-order valence-electron chi connectivity index (χ1n) is 17.2. The summed E-state index contributed by atoms with van der Waals surface area (Å²) in [5.74, 6) is 4.49. The molecular formula is C36H53BF2N2O. The van der Waals surface area contributed by atoms with Crippen molar-refractivity contribution in [2.75, 3.05) is 0 Å². The first kappa shape index (κ1) is 29.0. The molecule has 4 saturated carbocycles. The predicted molar refractivity (Wildman–Crippen MR) is 169 cm³/mol. The largest absolute Gasteiger partial charge is 0.737 e. The second-order valence-corrected chi connectivity index (χ2v) is 16.3. The lowest BCUT2D eigenvalue weighted by Crippen LogP contribution is -2.54. The van der Waals surface area contributed by atoms with E-state index in [1.165, 1.54) is 53.9 Å². The van der Waals surface area contributed by atoms with E-state index in [1.807, 2.05) is 39.8 Å². The Bertz CT molecular complexity index is 1400. The molecule has 230 valence electrons. The van der Waals surface area contributed by atoms with Gasteiger partial charge in [-0.25, -0.2) is 0 Å². The molecule has 7 rings (SSSR count). The Labute approximate surface area is 252 Å². The molecule has 0 amide bonds. The van der Waals surface area contributed by atoms with Crippen LogP contribution in [0, 0.1) is 60.2 Å². The molecule has 1 aromatic heterocycles. The van der Waals surface area contributed by atoms with Gasteiger partial charge in [-0.15, -0.1) is 0 Å². The SMILES string of the molecule is CC1=CC(C)=[N+]2C1=C(CC[C@@H](C)[C@H]1CC[C@H]3[C@@H]4CC[C@@H]5C[C@@H](O)CC[C@]5(C)[C@H]4CC[C@]13C)c1c(C)cc(C)n1[B-]2(F)F. The van der Waals surface area contributed by atoms with E-state index in [1.54, 1.807) is 0 Å². The topological polar surface area (TPSA) is 28.2 Å². The number of aryl methyl sites for hydroxylation is 2. The molecule has 42 heavy (non-hydrogen) atoms. The van der Waals surface area contributed by atoms with Gasteiger partial charge in [0.2, 0.25) is 0 Å². The molecule has 0 saturated heterocycles. The summed E-state index contributed by atoms with van der Waals surface area (Å²) in [5, 5.41) is 10.4. The molecule has 3 heterocycles. The maximum absolute atomic E-state index is 16.0. The Hall–Kier alpha value is -1.69. The predicted octanol–water partition coefficient (Wildman–Crippen LogP) is 8.92. The molecule has 0 spiro atoms. The normalized spacial score (nSPS) is 41.1. The van der Waals surface area contributed by atoms with Gasteiger partial charge in [0.25, 0.3) is 0 Å². The zero-order valence-corrected chi connectivity index (χ0v) is 27.1. The lowest BCUT2D eigenvalue weighted by Gasteiger charge is -2.61. The highest BCUT2D eigenvalue weighted by molar-refractivity contribution is 6.58. The maximum atomic E-state index is 16.0. The van der Waals surface area contributed by atoms with Gasteiger partial charge in [-0.2, -0.15) is 0 Å². The Morgan fingerprint density at radius 2 is 1.71 bits per heavy atom. The molecule has 3 nitrogen and oxygen atoms in total. The van der Waals surface area contributed by atoms with Crippen molar-refractivity contribution < 1.29 is 18.2 Å². The summed E-state index contributed by atoms with van der Waals surface area (Å²) >= 11 is 0. The van der Waals surface area contributed by atoms with Gasteiger partial charge in [-0.3, -0.25) is 0 Å². The standard InChI is InChI=1S/C36H53BF2N2O/c1-21(8-10-29-33-22(2)18-24(4)40(33)37(38,39)41-25(5)19-23(3)34(29)41)30-12-13-31-28-11-9-26-20-27(42)14-16-35(26,6)32(28)15-17-36(30,31)7/h18-19,21,26-28,30-32,42H,8-17,20H2,1-7H3/t21-,26-,27+,28+,30-,31+,32+,35+,36-/m1/s1. The molecule has 0 aromatic carbocycles. The molecule has 4 aliphatic carbocycles. The van der Waals surface area contributed by atoms with E-state index in [2.05, 4.69) is 20.8 Å². The lowest BCUT2D eigenvalue weighted by molar-refractivity contribution is -0.363. The van der Waals surface area contributed by atoms with Crippen LogP contribution in [0.3, 0.4) is 0 Å². The van der Waals surface area contributed by atoms with Gasteiger partial charge in [0, 0.05) is 29.8 Å². The fraction of sp³-hybridized carbons (Fsp3) is 0.750. The first-order chi connectivity index (χ1) is 19.8. The van der Waals surface area contributed by atoms with Crippen LogP contribution in [-0.2, 0) is 0 Å². The summed E-state index contributed by atoms with van der Waals surface area (Å²) in [4.78, 5) is 0. The van der Waals surface area contributed by atoms with Gasteiger partial charge in [0.15, 0.2) is 5.70 Å². The molecule has 0 radical (unpaired) electrons. The minimum absolute atomic E-state index is 0.0781. The minimum Gasteiger partial charge on any atom is -0.394 e.